The van der Waals surface area contributed by atoms with Crippen LogP contribution in [0.5, 0.6) is 0 Å². The van der Waals surface area contributed by atoms with Crippen LogP contribution in [-0.4, -0.2) is 41.2 Å². The minimum absolute atomic E-state index is 0.0680. The number of carbonyl (C=O) groups excluding carboxylic acids is 1. The molecule has 20 heavy (non-hydrogen) atoms. The fourth-order valence-corrected chi connectivity index (χ4v) is 3.06. The summed E-state index contributed by atoms with van der Waals surface area (Å²) in [5, 5.41) is 2.95. The molecule has 0 saturated carbocycles. The predicted octanol–water partition coefficient (Wildman–Crippen LogP) is 2.94. The lowest BCUT2D eigenvalue weighted by atomic mass is 10.1. The highest BCUT2D eigenvalue weighted by Crippen LogP contribution is 2.22. The molecule has 0 radical (unpaired) electrons. The van der Waals surface area contributed by atoms with Gasteiger partial charge in [-0.3, -0.25) is 0 Å². The van der Waals surface area contributed by atoms with Crippen molar-refractivity contribution in [1.82, 2.24) is 9.88 Å². The molecule has 0 aliphatic carbocycles. The summed E-state index contributed by atoms with van der Waals surface area (Å²) < 4.78 is 6.61. The number of nitrogens with one attached hydrogen (secondary N) is 1. The lowest BCUT2D eigenvalue weighted by molar-refractivity contribution is -0.0355. The van der Waals surface area contributed by atoms with Crippen molar-refractivity contribution in [2.24, 2.45) is 0 Å². The summed E-state index contributed by atoms with van der Waals surface area (Å²) in [7, 11) is 0. The average molecular weight is 291 g/mol. The number of thiazole rings is 1. The Labute approximate surface area is 121 Å². The zero-order chi connectivity index (χ0) is 14.1. The van der Waals surface area contributed by atoms with Crippen molar-refractivity contribution in [2.75, 3.05) is 18.5 Å². The van der Waals surface area contributed by atoms with E-state index in [1.807, 2.05) is 42.5 Å². The number of amides is 2. The van der Waals surface area contributed by atoms with Crippen molar-refractivity contribution >= 4 is 33.3 Å². The lowest BCUT2D eigenvalue weighted by Crippen LogP contribution is -2.52. The number of aromatic nitrogens is 1. The third-order valence-corrected chi connectivity index (χ3v) is 4.52. The molecule has 1 aliphatic heterocycles. The Morgan fingerprint density at radius 3 is 3.20 bits per heavy atom. The maximum Gasteiger partial charge on any atom is 0.322 e. The van der Waals surface area contributed by atoms with E-state index in [-0.39, 0.29) is 18.2 Å². The SMILES string of the molecule is C[C@@H]1[C@@H](C)OCCN1C(=O)Nc1ccc2ncsc2c1. The van der Waals surface area contributed by atoms with E-state index >= 15 is 0 Å². The summed E-state index contributed by atoms with van der Waals surface area (Å²) in [5.41, 5.74) is 3.57. The number of hydrogen-bond donors (Lipinski definition) is 1. The van der Waals surface area contributed by atoms with Crippen LogP contribution in [0.3, 0.4) is 0 Å². The van der Waals surface area contributed by atoms with Gasteiger partial charge in [0.15, 0.2) is 0 Å². The van der Waals surface area contributed by atoms with Crippen LogP contribution in [-0.2, 0) is 4.74 Å². The molecule has 6 heteroatoms. The molecule has 1 aliphatic rings. The molecular formula is C14H17N3O2S. The van der Waals surface area contributed by atoms with Crippen molar-refractivity contribution in [3.63, 3.8) is 0 Å². The van der Waals surface area contributed by atoms with Gasteiger partial charge < -0.3 is 15.0 Å². The first-order valence-corrected chi connectivity index (χ1v) is 7.55. The number of fused-ring (bicyclic) bond motifs is 1. The Bertz CT molecular complexity index is 628. The van der Waals surface area contributed by atoms with Crippen molar-refractivity contribution in [1.29, 1.82) is 0 Å². The normalized spacial score (nSPS) is 23.0. The first kappa shape index (κ1) is 13.3. The van der Waals surface area contributed by atoms with Crippen LogP contribution in [0.2, 0.25) is 0 Å². The van der Waals surface area contributed by atoms with Crippen LogP contribution < -0.4 is 5.32 Å². The Morgan fingerprint density at radius 1 is 1.50 bits per heavy atom. The monoisotopic (exact) mass is 291 g/mol. The second-order valence-electron chi connectivity index (χ2n) is 4.97. The molecule has 0 bridgehead atoms. The smallest absolute Gasteiger partial charge is 0.322 e. The highest BCUT2D eigenvalue weighted by atomic mass is 32.1. The number of urea groups is 1. The van der Waals surface area contributed by atoms with E-state index in [0.29, 0.717) is 13.2 Å². The zero-order valence-electron chi connectivity index (χ0n) is 11.5. The van der Waals surface area contributed by atoms with Gasteiger partial charge in [-0.05, 0) is 32.0 Å². The van der Waals surface area contributed by atoms with Gasteiger partial charge in [-0.25, -0.2) is 9.78 Å². The Kier molecular flexibility index (Phi) is 3.58. The standard InChI is InChI=1S/C14H17N3O2S/c1-9-10(2)19-6-5-17(9)14(18)16-11-3-4-12-13(7-11)20-8-15-12/h3-4,7-10H,5-6H2,1-2H3,(H,16,18)/t9-,10-/m1/s1. The molecule has 2 heterocycles. The molecular weight excluding hydrogens is 274 g/mol. The number of benzene rings is 1. The largest absolute Gasteiger partial charge is 0.375 e. The van der Waals surface area contributed by atoms with Gasteiger partial charge in [0, 0.05) is 12.2 Å². The van der Waals surface area contributed by atoms with E-state index in [0.717, 1.165) is 15.9 Å². The van der Waals surface area contributed by atoms with Gasteiger partial charge in [0.05, 0.1) is 34.5 Å². The van der Waals surface area contributed by atoms with Gasteiger partial charge in [0.2, 0.25) is 0 Å². The lowest BCUT2D eigenvalue weighted by Gasteiger charge is -2.37. The van der Waals surface area contributed by atoms with Gasteiger partial charge >= 0.3 is 6.03 Å². The van der Waals surface area contributed by atoms with Gasteiger partial charge in [-0.1, -0.05) is 0 Å². The molecule has 2 amide bonds. The van der Waals surface area contributed by atoms with Crippen LogP contribution in [0.1, 0.15) is 13.8 Å². The molecule has 0 spiro atoms. The summed E-state index contributed by atoms with van der Waals surface area (Å²) in [6.07, 6.45) is 0.0680. The van der Waals surface area contributed by atoms with E-state index < -0.39 is 0 Å². The highest BCUT2D eigenvalue weighted by Gasteiger charge is 2.29. The summed E-state index contributed by atoms with van der Waals surface area (Å²) in [5.74, 6) is 0. The van der Waals surface area contributed by atoms with Crippen LogP contribution in [0.4, 0.5) is 10.5 Å². The molecule has 2 atom stereocenters. The molecule has 1 aromatic carbocycles. The number of carbonyl (C=O) groups is 1. The number of rotatable bonds is 1. The Balaban J connectivity index is 1.74. The summed E-state index contributed by atoms with van der Waals surface area (Å²) in [6.45, 7) is 5.22. The number of hydrogen-bond acceptors (Lipinski definition) is 4. The van der Waals surface area contributed by atoms with Crippen LogP contribution in [0.25, 0.3) is 10.2 Å². The first-order valence-electron chi connectivity index (χ1n) is 6.67. The Morgan fingerprint density at radius 2 is 2.35 bits per heavy atom. The molecule has 2 aromatic rings. The number of ether oxygens (including phenoxy) is 1. The molecule has 106 valence electrons. The van der Waals surface area contributed by atoms with E-state index in [1.54, 1.807) is 11.3 Å². The fourth-order valence-electron chi connectivity index (χ4n) is 2.35. The van der Waals surface area contributed by atoms with Gasteiger partial charge in [-0.2, -0.15) is 0 Å². The van der Waals surface area contributed by atoms with Crippen molar-refractivity contribution in [3.05, 3.63) is 23.7 Å². The zero-order valence-corrected chi connectivity index (χ0v) is 12.3. The molecule has 0 unspecified atom stereocenters. The van der Waals surface area contributed by atoms with Crippen LogP contribution in [0.15, 0.2) is 23.7 Å². The summed E-state index contributed by atoms with van der Waals surface area (Å²) >= 11 is 1.57. The summed E-state index contributed by atoms with van der Waals surface area (Å²) in [4.78, 5) is 18.4. The molecule has 3 rings (SSSR count). The second kappa shape index (κ2) is 5.38. The molecule has 1 saturated heterocycles. The van der Waals surface area contributed by atoms with Crippen molar-refractivity contribution < 1.29 is 9.53 Å². The average Bonchev–Trinajstić information content (AvgIpc) is 2.89. The van der Waals surface area contributed by atoms with Crippen molar-refractivity contribution in [3.8, 4) is 0 Å². The van der Waals surface area contributed by atoms with Gasteiger partial charge in [0.25, 0.3) is 0 Å². The predicted molar refractivity (Wildman–Crippen MR) is 80.2 cm³/mol. The summed E-state index contributed by atoms with van der Waals surface area (Å²) in [6, 6.07) is 5.77. The third-order valence-electron chi connectivity index (χ3n) is 3.73. The molecule has 1 N–H and O–H groups in total. The van der Waals surface area contributed by atoms with Gasteiger partial charge in [0.1, 0.15) is 0 Å². The maximum absolute atomic E-state index is 12.3. The quantitative estimate of drug-likeness (QED) is 0.879. The second-order valence-corrected chi connectivity index (χ2v) is 5.86. The maximum atomic E-state index is 12.3. The van der Waals surface area contributed by atoms with E-state index in [4.69, 9.17) is 4.74 Å². The van der Waals surface area contributed by atoms with E-state index in [2.05, 4.69) is 10.3 Å². The molecule has 1 aromatic heterocycles. The van der Waals surface area contributed by atoms with Crippen LogP contribution >= 0.6 is 11.3 Å². The van der Waals surface area contributed by atoms with Crippen LogP contribution in [0, 0.1) is 0 Å². The minimum Gasteiger partial charge on any atom is -0.375 e. The molecule has 1 fully saturated rings. The fraction of sp³-hybridized carbons (Fsp3) is 0.429. The Hall–Kier alpha value is -1.66. The topological polar surface area (TPSA) is 54.5 Å². The number of morpholine rings is 1. The van der Waals surface area contributed by atoms with Crippen molar-refractivity contribution in [2.45, 2.75) is 26.0 Å². The van der Waals surface area contributed by atoms with Gasteiger partial charge in [-0.15, -0.1) is 11.3 Å². The highest BCUT2D eigenvalue weighted by molar-refractivity contribution is 7.16. The van der Waals surface area contributed by atoms with E-state index in [9.17, 15) is 4.79 Å². The number of nitrogens with zero attached hydrogens (tertiary/aromatic N) is 2. The minimum atomic E-state index is -0.0727. The third kappa shape index (κ3) is 2.48. The number of anilines is 1. The molecule has 5 nitrogen and oxygen atoms in total. The van der Waals surface area contributed by atoms with E-state index in [1.165, 1.54) is 0 Å². The first-order chi connectivity index (χ1) is 9.65.